The van der Waals surface area contributed by atoms with Crippen LogP contribution in [-0.2, 0) is 14.4 Å². The molecule has 1 fully saturated rings. The van der Waals surface area contributed by atoms with E-state index in [1.165, 1.54) is 11.8 Å². The van der Waals surface area contributed by atoms with E-state index in [2.05, 4.69) is 12.6 Å². The quantitative estimate of drug-likeness (QED) is 0.519. The second kappa shape index (κ2) is 9.02. The highest BCUT2D eigenvalue weighted by Crippen LogP contribution is 2.23. The average molecular weight is 330 g/mol. The Bertz CT molecular complexity index is 416. The Morgan fingerprint density at radius 3 is 2.59 bits per heavy atom. The number of hydrogen-bond donors (Lipinski definition) is 2. The van der Waals surface area contributed by atoms with Gasteiger partial charge in [-0.25, -0.2) is 4.79 Å². The summed E-state index contributed by atoms with van der Waals surface area (Å²) in [5, 5.41) is 9.16. The molecular formula is C15H26N2O4S. The summed E-state index contributed by atoms with van der Waals surface area (Å²) in [5.41, 5.74) is 0. The highest BCUT2D eigenvalue weighted by atomic mass is 32.1. The van der Waals surface area contributed by atoms with Crippen LogP contribution in [0.2, 0.25) is 0 Å². The summed E-state index contributed by atoms with van der Waals surface area (Å²) in [6.45, 7) is 2.72. The maximum absolute atomic E-state index is 12.5. The molecular weight excluding hydrogens is 304 g/mol. The van der Waals surface area contributed by atoms with Crippen molar-refractivity contribution in [3.05, 3.63) is 0 Å². The minimum atomic E-state index is -0.924. The van der Waals surface area contributed by atoms with Gasteiger partial charge >= 0.3 is 5.97 Å². The largest absolute Gasteiger partial charge is 0.480 e. The second-order valence-corrected chi connectivity index (χ2v) is 6.21. The first-order valence-electron chi connectivity index (χ1n) is 7.74. The van der Waals surface area contributed by atoms with Crippen LogP contribution in [-0.4, -0.2) is 64.6 Å². The summed E-state index contributed by atoms with van der Waals surface area (Å²) in [7, 11) is 1.76. The number of carboxylic acid groups (broad SMARTS) is 1. The van der Waals surface area contributed by atoms with Gasteiger partial charge in [-0.05, 0) is 25.7 Å². The number of nitrogens with zero attached hydrogens (tertiary/aromatic N) is 2. The van der Waals surface area contributed by atoms with Gasteiger partial charge in [-0.1, -0.05) is 6.42 Å². The van der Waals surface area contributed by atoms with Crippen LogP contribution in [0.15, 0.2) is 0 Å². The van der Waals surface area contributed by atoms with E-state index in [1.807, 2.05) is 0 Å². The number of unbranched alkanes of at least 4 members (excludes halogenated alkanes) is 1. The Kier molecular flexibility index (Phi) is 7.72. The van der Waals surface area contributed by atoms with Crippen LogP contribution in [0.5, 0.6) is 0 Å². The molecule has 1 saturated heterocycles. The predicted molar refractivity (Wildman–Crippen MR) is 86.9 cm³/mol. The van der Waals surface area contributed by atoms with Crippen molar-refractivity contribution in [1.29, 1.82) is 0 Å². The molecule has 0 radical (unpaired) electrons. The van der Waals surface area contributed by atoms with Crippen LogP contribution in [0.4, 0.5) is 0 Å². The number of carbonyl (C=O) groups is 3. The zero-order valence-corrected chi connectivity index (χ0v) is 14.2. The van der Waals surface area contributed by atoms with E-state index in [1.54, 1.807) is 11.9 Å². The molecule has 1 unspecified atom stereocenters. The van der Waals surface area contributed by atoms with Crippen LogP contribution in [0.25, 0.3) is 0 Å². The standard InChI is InChI=1S/C15H26N2O4S/c1-11(18)16(2)8-4-3-6-12(10-22)14(19)17-9-5-7-13(17)15(20)21/h12-13,22H,3-10H2,1-2H3,(H,20,21)/t12?,13-/m0/s1. The molecule has 0 aromatic carbocycles. The average Bonchev–Trinajstić information content (AvgIpc) is 2.96. The van der Waals surface area contributed by atoms with Crippen molar-refractivity contribution < 1.29 is 19.5 Å². The van der Waals surface area contributed by atoms with Gasteiger partial charge in [-0.2, -0.15) is 12.6 Å². The SMILES string of the molecule is CC(=O)N(C)CCCCC(CS)C(=O)N1CCC[C@H]1C(=O)O. The molecule has 0 aliphatic carbocycles. The van der Waals surface area contributed by atoms with Gasteiger partial charge in [0.05, 0.1) is 0 Å². The Labute approximate surface area is 137 Å². The number of thiol groups is 1. The lowest BCUT2D eigenvalue weighted by atomic mass is 10.0. The van der Waals surface area contributed by atoms with Crippen LogP contribution in [0.3, 0.4) is 0 Å². The molecule has 7 heteroatoms. The maximum atomic E-state index is 12.5. The minimum absolute atomic E-state index is 0.0307. The third-order valence-electron chi connectivity index (χ3n) is 4.22. The minimum Gasteiger partial charge on any atom is -0.480 e. The fraction of sp³-hybridized carbons (Fsp3) is 0.800. The first-order valence-corrected chi connectivity index (χ1v) is 8.37. The van der Waals surface area contributed by atoms with Crippen molar-refractivity contribution in [2.75, 3.05) is 25.9 Å². The second-order valence-electron chi connectivity index (χ2n) is 5.84. The van der Waals surface area contributed by atoms with Gasteiger partial charge in [0.25, 0.3) is 0 Å². The van der Waals surface area contributed by atoms with E-state index in [0.717, 1.165) is 19.3 Å². The summed E-state index contributed by atoms with van der Waals surface area (Å²) in [4.78, 5) is 37.9. The fourth-order valence-electron chi connectivity index (χ4n) is 2.71. The van der Waals surface area contributed by atoms with Crippen molar-refractivity contribution >= 4 is 30.4 Å². The van der Waals surface area contributed by atoms with Crippen molar-refractivity contribution in [3.63, 3.8) is 0 Å². The van der Waals surface area contributed by atoms with E-state index in [-0.39, 0.29) is 17.7 Å². The zero-order valence-electron chi connectivity index (χ0n) is 13.3. The molecule has 1 aliphatic heterocycles. The topological polar surface area (TPSA) is 77.9 Å². The molecule has 0 spiro atoms. The lowest BCUT2D eigenvalue weighted by Crippen LogP contribution is -2.44. The highest BCUT2D eigenvalue weighted by molar-refractivity contribution is 7.80. The van der Waals surface area contributed by atoms with Crippen LogP contribution in [0, 0.1) is 5.92 Å². The Morgan fingerprint density at radius 2 is 2.05 bits per heavy atom. The van der Waals surface area contributed by atoms with Crippen molar-refractivity contribution in [1.82, 2.24) is 9.80 Å². The molecule has 1 rings (SSSR count). The first-order chi connectivity index (χ1) is 10.4. The molecule has 1 aliphatic rings. The predicted octanol–water partition coefficient (Wildman–Crippen LogP) is 1.26. The molecule has 22 heavy (non-hydrogen) atoms. The normalized spacial score (nSPS) is 19.0. The summed E-state index contributed by atoms with van der Waals surface area (Å²) < 4.78 is 0. The van der Waals surface area contributed by atoms with Gasteiger partial charge in [0.15, 0.2) is 0 Å². The summed E-state index contributed by atoms with van der Waals surface area (Å²) >= 11 is 4.24. The Hall–Kier alpha value is -1.24. The Balaban J connectivity index is 2.44. The first kappa shape index (κ1) is 18.8. The molecule has 0 saturated carbocycles. The Morgan fingerprint density at radius 1 is 1.36 bits per heavy atom. The van der Waals surface area contributed by atoms with Gasteiger partial charge in [0, 0.05) is 38.7 Å². The molecule has 2 amide bonds. The van der Waals surface area contributed by atoms with Crippen molar-refractivity contribution in [3.8, 4) is 0 Å². The number of carbonyl (C=O) groups excluding carboxylic acids is 2. The number of rotatable bonds is 8. The van der Waals surface area contributed by atoms with E-state index in [0.29, 0.717) is 31.7 Å². The molecule has 0 bridgehead atoms. The van der Waals surface area contributed by atoms with Gasteiger partial charge in [0.2, 0.25) is 11.8 Å². The summed E-state index contributed by atoms with van der Waals surface area (Å²) in [6, 6.07) is -0.682. The third-order valence-corrected chi connectivity index (χ3v) is 4.67. The monoisotopic (exact) mass is 330 g/mol. The lowest BCUT2D eigenvalue weighted by Gasteiger charge is -2.26. The number of carboxylic acids is 1. The van der Waals surface area contributed by atoms with Gasteiger partial charge in [-0.3, -0.25) is 9.59 Å². The zero-order chi connectivity index (χ0) is 16.7. The summed E-state index contributed by atoms with van der Waals surface area (Å²) in [6.07, 6.45) is 3.60. The molecule has 0 aromatic heterocycles. The van der Waals surface area contributed by atoms with Crippen molar-refractivity contribution in [2.24, 2.45) is 5.92 Å². The molecule has 1 N–H and O–H groups in total. The van der Waals surface area contributed by atoms with Gasteiger partial charge < -0.3 is 14.9 Å². The van der Waals surface area contributed by atoms with E-state index in [9.17, 15) is 14.4 Å². The number of amides is 2. The number of likely N-dealkylation sites (tertiary alicyclic amines) is 1. The van der Waals surface area contributed by atoms with Crippen molar-refractivity contribution in [2.45, 2.75) is 45.1 Å². The van der Waals surface area contributed by atoms with Gasteiger partial charge in [-0.15, -0.1) is 0 Å². The highest BCUT2D eigenvalue weighted by Gasteiger charge is 2.36. The maximum Gasteiger partial charge on any atom is 0.326 e. The summed E-state index contributed by atoms with van der Waals surface area (Å²) in [5.74, 6) is -0.815. The fourth-order valence-corrected chi connectivity index (χ4v) is 3.05. The third kappa shape index (κ3) is 5.19. The number of hydrogen-bond acceptors (Lipinski definition) is 4. The number of aliphatic carboxylic acids is 1. The molecule has 6 nitrogen and oxygen atoms in total. The van der Waals surface area contributed by atoms with Crippen LogP contribution in [0.1, 0.15) is 39.0 Å². The van der Waals surface area contributed by atoms with E-state index < -0.39 is 12.0 Å². The molecule has 2 atom stereocenters. The van der Waals surface area contributed by atoms with Gasteiger partial charge in [0.1, 0.15) is 6.04 Å². The molecule has 1 heterocycles. The smallest absolute Gasteiger partial charge is 0.326 e. The van der Waals surface area contributed by atoms with Crippen LogP contribution < -0.4 is 0 Å². The molecule has 126 valence electrons. The van der Waals surface area contributed by atoms with E-state index >= 15 is 0 Å². The van der Waals surface area contributed by atoms with E-state index in [4.69, 9.17) is 5.11 Å². The lowest BCUT2D eigenvalue weighted by molar-refractivity contribution is -0.149. The van der Waals surface area contributed by atoms with Crippen LogP contribution >= 0.6 is 12.6 Å². The molecule has 0 aromatic rings.